The molecule has 0 fully saturated rings. The van der Waals surface area contributed by atoms with E-state index in [-0.39, 0.29) is 18.0 Å². The van der Waals surface area contributed by atoms with E-state index in [2.05, 4.69) is 14.9 Å². The summed E-state index contributed by atoms with van der Waals surface area (Å²) in [5.74, 6) is 0. The molecule has 1 heterocycles. The number of aromatic nitrogens is 2. The van der Waals surface area contributed by atoms with E-state index in [1.807, 2.05) is 0 Å². The summed E-state index contributed by atoms with van der Waals surface area (Å²) in [6, 6.07) is 7.80. The van der Waals surface area contributed by atoms with Crippen LogP contribution in [0.4, 0.5) is 0 Å². The molecule has 0 saturated carbocycles. The topological polar surface area (TPSA) is 98.0 Å². The van der Waals surface area contributed by atoms with Crippen molar-refractivity contribution < 1.29 is 8.42 Å². The molecule has 3 N–H and O–H groups in total. The van der Waals surface area contributed by atoms with Crippen molar-refractivity contribution in [3.05, 3.63) is 52.8 Å². The van der Waals surface area contributed by atoms with Gasteiger partial charge in [-0.15, -0.1) is 0 Å². The second-order valence-corrected chi connectivity index (χ2v) is 6.17. The molecule has 0 unspecified atom stereocenters. The zero-order chi connectivity index (χ0) is 14.6. The van der Waals surface area contributed by atoms with Crippen LogP contribution in [0.5, 0.6) is 0 Å². The third-order valence-electron chi connectivity index (χ3n) is 2.63. The number of nitrogens with zero attached hydrogens (tertiary/aromatic N) is 2. The Balaban J connectivity index is 2.16. The number of sulfonamides is 1. The van der Waals surface area contributed by atoms with Crippen molar-refractivity contribution in [2.45, 2.75) is 18.0 Å². The minimum absolute atomic E-state index is 0.0619. The van der Waals surface area contributed by atoms with Gasteiger partial charge in [-0.3, -0.25) is 0 Å². The molecule has 106 valence electrons. The van der Waals surface area contributed by atoms with Crippen LogP contribution in [0.25, 0.3) is 0 Å². The lowest BCUT2D eigenvalue weighted by Crippen LogP contribution is -2.24. The van der Waals surface area contributed by atoms with Crippen LogP contribution in [0.1, 0.15) is 11.3 Å². The lowest BCUT2D eigenvalue weighted by molar-refractivity contribution is 0.580. The quantitative estimate of drug-likeness (QED) is 0.860. The fraction of sp³-hybridized carbons (Fsp3) is 0.167. The zero-order valence-electron chi connectivity index (χ0n) is 10.5. The van der Waals surface area contributed by atoms with E-state index in [0.717, 1.165) is 0 Å². The summed E-state index contributed by atoms with van der Waals surface area (Å²) >= 11 is 5.96. The van der Waals surface area contributed by atoms with E-state index in [9.17, 15) is 8.42 Å². The summed E-state index contributed by atoms with van der Waals surface area (Å²) in [5.41, 5.74) is 6.70. The van der Waals surface area contributed by atoms with Crippen molar-refractivity contribution >= 4 is 21.6 Å². The van der Waals surface area contributed by atoms with E-state index >= 15 is 0 Å². The summed E-state index contributed by atoms with van der Waals surface area (Å²) in [7, 11) is -3.65. The molecule has 0 aliphatic heterocycles. The first-order valence-electron chi connectivity index (χ1n) is 5.77. The van der Waals surface area contributed by atoms with Gasteiger partial charge in [-0.2, -0.15) is 10.2 Å². The second-order valence-electron chi connectivity index (χ2n) is 4.00. The minimum atomic E-state index is -3.65. The summed E-state index contributed by atoms with van der Waals surface area (Å²) in [4.78, 5) is 0.0867. The molecular weight excluding hydrogens is 300 g/mol. The Bertz CT molecular complexity index is 692. The first kappa shape index (κ1) is 14.9. The van der Waals surface area contributed by atoms with Gasteiger partial charge < -0.3 is 5.73 Å². The smallest absolute Gasteiger partial charge is 0.240 e. The van der Waals surface area contributed by atoms with E-state index < -0.39 is 10.0 Å². The third-order valence-corrected chi connectivity index (χ3v) is 4.38. The van der Waals surface area contributed by atoms with Gasteiger partial charge in [0, 0.05) is 17.8 Å². The summed E-state index contributed by atoms with van der Waals surface area (Å²) in [6.45, 7) is 0.318. The van der Waals surface area contributed by atoms with Crippen molar-refractivity contribution in [2.24, 2.45) is 5.73 Å². The van der Waals surface area contributed by atoms with Gasteiger partial charge in [0.2, 0.25) is 10.0 Å². The Labute approximate surface area is 122 Å². The number of benzene rings is 1. The molecule has 0 saturated heterocycles. The fourth-order valence-electron chi connectivity index (χ4n) is 1.54. The maximum Gasteiger partial charge on any atom is 0.240 e. The normalized spacial score (nSPS) is 11.5. The third kappa shape index (κ3) is 3.51. The Morgan fingerprint density at radius 1 is 1.30 bits per heavy atom. The molecule has 0 bridgehead atoms. The summed E-state index contributed by atoms with van der Waals surface area (Å²) < 4.78 is 26.7. The Morgan fingerprint density at radius 2 is 2.10 bits per heavy atom. The lowest BCUT2D eigenvalue weighted by atomic mass is 10.2. The molecule has 8 heteroatoms. The lowest BCUT2D eigenvalue weighted by Gasteiger charge is -2.08. The summed E-state index contributed by atoms with van der Waals surface area (Å²) in [5, 5.41) is 7.80. The first-order chi connectivity index (χ1) is 9.53. The van der Waals surface area contributed by atoms with Crippen LogP contribution in [-0.4, -0.2) is 18.6 Å². The number of nitrogens with one attached hydrogen (secondary N) is 1. The highest BCUT2D eigenvalue weighted by Crippen LogP contribution is 2.20. The number of hydrogen-bond donors (Lipinski definition) is 2. The van der Waals surface area contributed by atoms with Crippen LogP contribution in [-0.2, 0) is 23.1 Å². The predicted octanol–water partition coefficient (Wildman–Crippen LogP) is 1.07. The minimum Gasteiger partial charge on any atom is -0.326 e. The highest BCUT2D eigenvalue weighted by molar-refractivity contribution is 7.89. The zero-order valence-corrected chi connectivity index (χ0v) is 12.0. The largest absolute Gasteiger partial charge is 0.326 e. The molecule has 0 aliphatic rings. The van der Waals surface area contributed by atoms with E-state index in [0.29, 0.717) is 16.3 Å². The fourth-order valence-corrected chi connectivity index (χ4v) is 2.89. The number of hydrogen-bond acceptors (Lipinski definition) is 5. The van der Waals surface area contributed by atoms with Crippen LogP contribution in [0.3, 0.4) is 0 Å². The van der Waals surface area contributed by atoms with Gasteiger partial charge in [0.1, 0.15) is 0 Å². The van der Waals surface area contributed by atoms with Crippen LogP contribution >= 0.6 is 11.6 Å². The van der Waals surface area contributed by atoms with Gasteiger partial charge in [0.25, 0.3) is 0 Å². The molecule has 0 amide bonds. The SMILES string of the molecule is NCc1ccc(S(=O)(=O)NCc2cccnn2)cc1Cl. The number of rotatable bonds is 5. The highest BCUT2D eigenvalue weighted by atomic mass is 35.5. The van der Waals surface area contributed by atoms with E-state index in [1.165, 1.54) is 18.3 Å². The highest BCUT2D eigenvalue weighted by Gasteiger charge is 2.15. The number of nitrogens with two attached hydrogens (primary N) is 1. The Kier molecular flexibility index (Phi) is 4.66. The van der Waals surface area contributed by atoms with Gasteiger partial charge in [-0.1, -0.05) is 17.7 Å². The molecule has 0 radical (unpaired) electrons. The molecule has 2 aromatic rings. The molecule has 20 heavy (non-hydrogen) atoms. The average molecular weight is 313 g/mol. The van der Waals surface area contributed by atoms with Gasteiger partial charge in [0.15, 0.2) is 0 Å². The molecule has 1 aromatic carbocycles. The molecule has 0 atom stereocenters. The van der Waals surface area contributed by atoms with Crippen LogP contribution in [0, 0.1) is 0 Å². The van der Waals surface area contributed by atoms with Gasteiger partial charge in [0.05, 0.1) is 17.1 Å². The van der Waals surface area contributed by atoms with Gasteiger partial charge in [-0.05, 0) is 29.8 Å². The Morgan fingerprint density at radius 3 is 2.70 bits per heavy atom. The molecule has 1 aromatic heterocycles. The predicted molar refractivity (Wildman–Crippen MR) is 75.4 cm³/mol. The number of halogens is 1. The van der Waals surface area contributed by atoms with Crippen molar-refractivity contribution in [3.8, 4) is 0 Å². The van der Waals surface area contributed by atoms with Crippen LogP contribution in [0.15, 0.2) is 41.4 Å². The second kappa shape index (κ2) is 6.27. The van der Waals surface area contributed by atoms with Crippen molar-refractivity contribution in [2.75, 3.05) is 0 Å². The van der Waals surface area contributed by atoms with Gasteiger partial charge in [-0.25, -0.2) is 13.1 Å². The van der Waals surface area contributed by atoms with Crippen LogP contribution < -0.4 is 10.5 Å². The molecule has 6 nitrogen and oxygen atoms in total. The molecule has 0 spiro atoms. The van der Waals surface area contributed by atoms with Crippen molar-refractivity contribution in [3.63, 3.8) is 0 Å². The summed E-state index contributed by atoms with van der Waals surface area (Å²) in [6.07, 6.45) is 1.52. The molecule has 2 rings (SSSR count). The van der Waals surface area contributed by atoms with Crippen molar-refractivity contribution in [1.29, 1.82) is 0 Å². The van der Waals surface area contributed by atoms with E-state index in [4.69, 9.17) is 17.3 Å². The first-order valence-corrected chi connectivity index (χ1v) is 7.64. The standard InChI is InChI=1S/C12H13ClN4O2S/c13-12-6-11(4-3-9(12)7-14)20(18,19)16-8-10-2-1-5-15-17-10/h1-6,16H,7-8,14H2. The Hall–Kier alpha value is -1.54. The average Bonchev–Trinajstić information content (AvgIpc) is 2.46. The monoisotopic (exact) mass is 312 g/mol. The van der Waals surface area contributed by atoms with Crippen molar-refractivity contribution in [1.82, 2.24) is 14.9 Å². The maximum atomic E-state index is 12.1. The molecular formula is C12H13ClN4O2S. The van der Waals surface area contributed by atoms with Gasteiger partial charge >= 0.3 is 0 Å². The van der Waals surface area contributed by atoms with Crippen LogP contribution in [0.2, 0.25) is 5.02 Å². The maximum absolute atomic E-state index is 12.1. The van der Waals surface area contributed by atoms with E-state index in [1.54, 1.807) is 18.2 Å². The molecule has 0 aliphatic carbocycles.